The third kappa shape index (κ3) is 5.46. The molecule has 1 aromatic carbocycles. The van der Waals surface area contributed by atoms with Crippen LogP contribution in [0.5, 0.6) is 0 Å². The van der Waals surface area contributed by atoms with Gasteiger partial charge in [-0.15, -0.1) is 24.0 Å². The van der Waals surface area contributed by atoms with Crippen LogP contribution in [-0.2, 0) is 4.74 Å². The highest BCUT2D eigenvalue weighted by molar-refractivity contribution is 14.0. The Balaban J connectivity index is 0.00000280. The smallest absolute Gasteiger partial charge is 0.193 e. The standard InChI is InChI=1S/C20H30F2N4O.HI/c1-23-19(24-15-20(6-3-7-20)8-13-27-2)26-11-9-25(10-12-26)18-14-16(21)4-5-17(18)22;/h4-5,14H,3,6-13,15H2,1-2H3,(H,23,24);1H. The van der Waals surface area contributed by atoms with E-state index in [0.717, 1.165) is 44.7 Å². The summed E-state index contributed by atoms with van der Waals surface area (Å²) in [4.78, 5) is 8.52. The van der Waals surface area contributed by atoms with E-state index in [1.165, 1.54) is 31.4 Å². The van der Waals surface area contributed by atoms with E-state index >= 15 is 0 Å². The molecule has 0 radical (unpaired) electrons. The molecular formula is C20H31F2IN4O. The number of halogens is 3. The van der Waals surface area contributed by atoms with Gasteiger partial charge in [-0.2, -0.15) is 0 Å². The van der Waals surface area contributed by atoms with Crippen LogP contribution < -0.4 is 10.2 Å². The molecule has 1 saturated carbocycles. The van der Waals surface area contributed by atoms with Crippen LogP contribution in [0.2, 0.25) is 0 Å². The van der Waals surface area contributed by atoms with E-state index in [9.17, 15) is 8.78 Å². The first-order chi connectivity index (χ1) is 13.1. The fourth-order valence-electron chi connectivity index (χ4n) is 4.00. The van der Waals surface area contributed by atoms with Crippen LogP contribution in [0.3, 0.4) is 0 Å². The molecule has 1 aromatic rings. The number of rotatable bonds is 6. The van der Waals surface area contributed by atoms with E-state index < -0.39 is 5.82 Å². The SMILES string of the molecule is CN=C(NCC1(CCOC)CCC1)N1CCN(c2cc(F)ccc2F)CC1.I. The lowest BCUT2D eigenvalue weighted by Gasteiger charge is -2.44. The number of guanidine groups is 1. The highest BCUT2D eigenvalue weighted by atomic mass is 127. The number of nitrogens with zero attached hydrogens (tertiary/aromatic N) is 3. The minimum Gasteiger partial charge on any atom is -0.385 e. The number of anilines is 1. The van der Waals surface area contributed by atoms with Crippen molar-refractivity contribution in [2.75, 3.05) is 58.4 Å². The molecule has 0 unspecified atom stereocenters. The molecule has 28 heavy (non-hydrogen) atoms. The van der Waals surface area contributed by atoms with Crippen molar-refractivity contribution in [3.8, 4) is 0 Å². The Hall–Kier alpha value is -1.16. The minimum absolute atomic E-state index is 0. The van der Waals surface area contributed by atoms with Gasteiger partial charge >= 0.3 is 0 Å². The van der Waals surface area contributed by atoms with Gasteiger partial charge in [0, 0.05) is 59.6 Å². The summed E-state index contributed by atoms with van der Waals surface area (Å²) in [6.07, 6.45) is 4.81. The second kappa shape index (κ2) is 10.6. The van der Waals surface area contributed by atoms with Gasteiger partial charge in [-0.1, -0.05) is 6.42 Å². The average molecular weight is 508 g/mol. The van der Waals surface area contributed by atoms with Gasteiger partial charge in [-0.3, -0.25) is 4.99 Å². The lowest BCUT2D eigenvalue weighted by molar-refractivity contribution is 0.0726. The highest BCUT2D eigenvalue weighted by Gasteiger charge is 2.37. The molecule has 2 aliphatic rings. The van der Waals surface area contributed by atoms with Gasteiger partial charge in [-0.05, 0) is 36.8 Å². The van der Waals surface area contributed by atoms with E-state index in [1.54, 1.807) is 14.2 Å². The van der Waals surface area contributed by atoms with E-state index in [-0.39, 0.29) is 29.8 Å². The first kappa shape index (κ1) is 23.1. The monoisotopic (exact) mass is 508 g/mol. The number of benzene rings is 1. The van der Waals surface area contributed by atoms with Gasteiger partial charge in [0.1, 0.15) is 11.6 Å². The summed E-state index contributed by atoms with van der Waals surface area (Å²) in [6, 6.07) is 3.62. The fourth-order valence-corrected chi connectivity index (χ4v) is 4.00. The van der Waals surface area contributed by atoms with Crippen molar-refractivity contribution in [1.82, 2.24) is 10.2 Å². The summed E-state index contributed by atoms with van der Waals surface area (Å²) in [5, 5.41) is 3.53. The van der Waals surface area contributed by atoms with E-state index in [4.69, 9.17) is 4.74 Å². The predicted molar refractivity (Wildman–Crippen MR) is 120 cm³/mol. The van der Waals surface area contributed by atoms with Gasteiger partial charge < -0.3 is 19.9 Å². The van der Waals surface area contributed by atoms with E-state index in [0.29, 0.717) is 24.2 Å². The van der Waals surface area contributed by atoms with E-state index in [1.807, 2.05) is 4.90 Å². The molecule has 1 N–H and O–H groups in total. The Morgan fingerprint density at radius 1 is 1.21 bits per heavy atom. The molecule has 2 fully saturated rings. The molecule has 1 saturated heterocycles. The number of aliphatic imine (C=N–C) groups is 1. The topological polar surface area (TPSA) is 40.1 Å². The van der Waals surface area contributed by atoms with Crippen LogP contribution in [-0.4, -0.2) is 64.3 Å². The van der Waals surface area contributed by atoms with E-state index in [2.05, 4.69) is 15.2 Å². The summed E-state index contributed by atoms with van der Waals surface area (Å²) < 4.78 is 32.7. The maximum absolute atomic E-state index is 14.0. The molecule has 5 nitrogen and oxygen atoms in total. The number of nitrogens with one attached hydrogen (secondary N) is 1. The van der Waals surface area contributed by atoms with Crippen molar-refractivity contribution >= 4 is 35.6 Å². The molecule has 0 spiro atoms. The second-order valence-electron chi connectivity index (χ2n) is 7.57. The summed E-state index contributed by atoms with van der Waals surface area (Å²) in [5.41, 5.74) is 0.656. The molecule has 0 bridgehead atoms. The maximum atomic E-state index is 14.0. The van der Waals surface area contributed by atoms with Crippen LogP contribution in [0.25, 0.3) is 0 Å². The fraction of sp³-hybridized carbons (Fsp3) is 0.650. The number of piperazine rings is 1. The molecular weight excluding hydrogens is 477 g/mol. The summed E-state index contributed by atoms with van der Waals surface area (Å²) in [6.45, 7) is 4.41. The van der Waals surface area contributed by atoms with Crippen LogP contribution in [0.15, 0.2) is 23.2 Å². The quantitative estimate of drug-likeness (QED) is 0.363. The molecule has 3 rings (SSSR count). The van der Waals surface area contributed by atoms with Crippen LogP contribution in [0, 0.1) is 17.0 Å². The molecule has 1 aliphatic heterocycles. The van der Waals surface area contributed by atoms with Crippen LogP contribution in [0.1, 0.15) is 25.7 Å². The number of ether oxygens (including phenoxy) is 1. The van der Waals surface area contributed by atoms with Gasteiger partial charge in [0.05, 0.1) is 5.69 Å². The van der Waals surface area contributed by atoms with Gasteiger partial charge in [0.2, 0.25) is 0 Å². The Labute approximate surface area is 183 Å². The van der Waals surface area contributed by atoms with Crippen molar-refractivity contribution in [1.29, 1.82) is 0 Å². The lowest BCUT2D eigenvalue weighted by Crippen LogP contribution is -2.54. The highest BCUT2D eigenvalue weighted by Crippen LogP contribution is 2.43. The summed E-state index contributed by atoms with van der Waals surface area (Å²) in [7, 11) is 3.54. The van der Waals surface area contributed by atoms with Crippen molar-refractivity contribution in [2.24, 2.45) is 10.4 Å². The Morgan fingerprint density at radius 2 is 1.93 bits per heavy atom. The lowest BCUT2D eigenvalue weighted by atomic mass is 9.67. The number of methoxy groups -OCH3 is 1. The molecule has 8 heteroatoms. The number of hydrogen-bond acceptors (Lipinski definition) is 3. The second-order valence-corrected chi connectivity index (χ2v) is 7.57. The Bertz CT molecular complexity index is 662. The summed E-state index contributed by atoms with van der Waals surface area (Å²) >= 11 is 0. The average Bonchev–Trinajstić information content (AvgIpc) is 2.66. The zero-order chi connectivity index (χ0) is 19.3. The molecule has 1 aliphatic carbocycles. The molecule has 158 valence electrons. The molecule has 0 amide bonds. The summed E-state index contributed by atoms with van der Waals surface area (Å²) in [5.74, 6) is 0.101. The minimum atomic E-state index is -0.409. The van der Waals surface area contributed by atoms with Crippen molar-refractivity contribution < 1.29 is 13.5 Å². The first-order valence-corrected chi connectivity index (χ1v) is 9.71. The molecule has 0 aromatic heterocycles. The predicted octanol–water partition coefficient (Wildman–Crippen LogP) is 3.49. The first-order valence-electron chi connectivity index (χ1n) is 9.71. The molecule has 1 heterocycles. The Kier molecular flexibility index (Phi) is 8.73. The zero-order valence-corrected chi connectivity index (χ0v) is 19.0. The maximum Gasteiger partial charge on any atom is 0.193 e. The normalized spacial score (nSPS) is 19.1. The van der Waals surface area contributed by atoms with Gasteiger partial charge in [0.25, 0.3) is 0 Å². The third-order valence-corrected chi connectivity index (χ3v) is 5.91. The van der Waals surface area contributed by atoms with Crippen molar-refractivity contribution in [3.63, 3.8) is 0 Å². The van der Waals surface area contributed by atoms with Gasteiger partial charge in [-0.25, -0.2) is 8.78 Å². The van der Waals surface area contributed by atoms with Gasteiger partial charge in [0.15, 0.2) is 5.96 Å². The van der Waals surface area contributed by atoms with Crippen LogP contribution in [0.4, 0.5) is 14.5 Å². The largest absolute Gasteiger partial charge is 0.385 e. The van der Waals surface area contributed by atoms with Crippen LogP contribution >= 0.6 is 24.0 Å². The number of hydrogen-bond donors (Lipinski definition) is 1. The zero-order valence-electron chi connectivity index (χ0n) is 16.7. The Morgan fingerprint density at radius 3 is 2.50 bits per heavy atom. The van der Waals surface area contributed by atoms with Crippen molar-refractivity contribution in [2.45, 2.75) is 25.7 Å². The van der Waals surface area contributed by atoms with Crippen molar-refractivity contribution in [3.05, 3.63) is 29.8 Å². The third-order valence-electron chi connectivity index (χ3n) is 5.91. The molecule has 0 atom stereocenters.